The number of alkyl halides is 3. The Morgan fingerprint density at radius 1 is 1.24 bits per heavy atom. The highest BCUT2D eigenvalue weighted by molar-refractivity contribution is 6.36. The number of nitrogens with zero attached hydrogens (tertiary/aromatic N) is 4. The van der Waals surface area contributed by atoms with Crippen molar-refractivity contribution in [2.45, 2.75) is 56.8 Å². The summed E-state index contributed by atoms with van der Waals surface area (Å²) in [7, 11) is 0. The zero-order chi connectivity index (χ0) is 23.7. The van der Waals surface area contributed by atoms with Crippen LogP contribution in [0.4, 0.5) is 13.2 Å². The average Bonchev–Trinajstić information content (AvgIpc) is 3.50. The van der Waals surface area contributed by atoms with E-state index in [0.717, 1.165) is 31.7 Å². The van der Waals surface area contributed by atoms with Gasteiger partial charge in [-0.2, -0.15) is 18.3 Å². The third kappa shape index (κ3) is 3.97. The Morgan fingerprint density at radius 2 is 1.94 bits per heavy atom. The smallest absolute Gasteiger partial charge is 0.393 e. The predicted octanol–water partition coefficient (Wildman–Crippen LogP) is 3.33. The summed E-state index contributed by atoms with van der Waals surface area (Å²) in [4.78, 5) is 28.8. The monoisotopic (exact) mass is 484 g/mol. The van der Waals surface area contributed by atoms with E-state index in [-0.39, 0.29) is 53.1 Å². The van der Waals surface area contributed by atoms with Crippen molar-refractivity contribution in [2.24, 2.45) is 5.92 Å². The van der Waals surface area contributed by atoms with Crippen molar-refractivity contribution in [1.82, 2.24) is 19.4 Å². The molecule has 0 bridgehead atoms. The number of aliphatic hydroxyl groups is 1. The Hall–Kier alpha value is -2.33. The Morgan fingerprint density at radius 3 is 2.52 bits per heavy atom. The molecule has 1 aliphatic heterocycles. The van der Waals surface area contributed by atoms with Crippen LogP contribution in [0.15, 0.2) is 12.1 Å². The van der Waals surface area contributed by atoms with Crippen LogP contribution < -0.4 is 0 Å². The van der Waals surface area contributed by atoms with Gasteiger partial charge >= 0.3 is 6.18 Å². The number of carbonyl (C=O) groups excluding carboxylic acids is 2. The molecule has 0 radical (unpaired) electrons. The zero-order valence-corrected chi connectivity index (χ0v) is 18.7. The number of amides is 2. The van der Waals surface area contributed by atoms with E-state index >= 15 is 0 Å². The summed E-state index contributed by atoms with van der Waals surface area (Å²) in [6.45, 7) is 2.12. The molecule has 3 fully saturated rings. The fraction of sp³-hybridized carbons (Fsp3) is 0.591. The largest absolute Gasteiger partial charge is 0.433 e. The van der Waals surface area contributed by atoms with Crippen LogP contribution in [0.3, 0.4) is 0 Å². The molecule has 1 saturated heterocycles. The molecule has 0 spiro atoms. The average molecular weight is 485 g/mol. The van der Waals surface area contributed by atoms with Crippen molar-refractivity contribution in [3.8, 4) is 0 Å². The molecule has 5 rings (SSSR count). The molecule has 11 heteroatoms. The number of hydrogen-bond donors (Lipinski definition) is 1. The molecule has 3 aliphatic rings. The molecular weight excluding hydrogens is 461 g/mol. The van der Waals surface area contributed by atoms with Gasteiger partial charge in [-0.15, -0.1) is 0 Å². The maximum absolute atomic E-state index is 13.7. The third-order valence-corrected chi connectivity index (χ3v) is 7.43. The molecule has 2 aromatic heterocycles. The van der Waals surface area contributed by atoms with E-state index in [4.69, 9.17) is 11.6 Å². The quantitative estimate of drug-likeness (QED) is 0.722. The van der Waals surface area contributed by atoms with Crippen LogP contribution in [0.25, 0.3) is 5.52 Å². The van der Waals surface area contributed by atoms with Crippen molar-refractivity contribution in [3.05, 3.63) is 34.1 Å². The maximum atomic E-state index is 13.7. The van der Waals surface area contributed by atoms with Gasteiger partial charge in [0.25, 0.3) is 5.91 Å². The fourth-order valence-electron chi connectivity index (χ4n) is 4.80. The lowest BCUT2D eigenvalue weighted by Gasteiger charge is -2.47. The van der Waals surface area contributed by atoms with Gasteiger partial charge in [0.15, 0.2) is 5.69 Å². The van der Waals surface area contributed by atoms with Crippen molar-refractivity contribution in [2.75, 3.05) is 19.6 Å². The summed E-state index contributed by atoms with van der Waals surface area (Å²) in [6, 6.07) is 2.68. The van der Waals surface area contributed by atoms with Crippen LogP contribution in [0.2, 0.25) is 5.02 Å². The second kappa shape index (κ2) is 7.87. The number of piperazine rings is 1. The molecule has 178 valence electrons. The highest BCUT2D eigenvalue weighted by Gasteiger charge is 2.42. The summed E-state index contributed by atoms with van der Waals surface area (Å²) in [6.07, 6.45) is -2.00. The van der Waals surface area contributed by atoms with Gasteiger partial charge in [0.05, 0.1) is 16.6 Å². The van der Waals surface area contributed by atoms with Crippen LogP contribution in [0.5, 0.6) is 0 Å². The van der Waals surface area contributed by atoms with Crippen LogP contribution in [0, 0.1) is 5.92 Å². The van der Waals surface area contributed by atoms with E-state index in [0.29, 0.717) is 16.6 Å². The number of carbonyl (C=O) groups is 2. The highest BCUT2D eigenvalue weighted by Crippen LogP contribution is 2.43. The Kier molecular flexibility index (Phi) is 5.36. The lowest BCUT2D eigenvalue weighted by Crippen LogP contribution is -2.59. The number of pyridine rings is 1. The topological polar surface area (TPSA) is 78.2 Å². The minimum atomic E-state index is -4.66. The molecule has 1 unspecified atom stereocenters. The molecule has 7 nitrogen and oxygen atoms in total. The fourth-order valence-corrected chi connectivity index (χ4v) is 5.06. The first-order valence-electron chi connectivity index (χ1n) is 11.1. The minimum absolute atomic E-state index is 0.0420. The van der Waals surface area contributed by atoms with Gasteiger partial charge in [0.2, 0.25) is 5.91 Å². The van der Waals surface area contributed by atoms with Gasteiger partial charge < -0.3 is 14.9 Å². The Bertz CT molecular complexity index is 1120. The van der Waals surface area contributed by atoms with Gasteiger partial charge in [0, 0.05) is 19.1 Å². The first-order chi connectivity index (χ1) is 15.5. The molecule has 2 saturated carbocycles. The maximum Gasteiger partial charge on any atom is 0.433 e. The van der Waals surface area contributed by atoms with Crippen molar-refractivity contribution in [3.63, 3.8) is 0 Å². The molecule has 2 amide bonds. The second-order valence-corrected chi connectivity index (χ2v) is 9.72. The highest BCUT2D eigenvalue weighted by atomic mass is 35.5. The SMILES string of the molecule is CC(O)C1CC(N2CCN(C(=O)c3nn4c(C(F)(F)F)cc(C5CC5)cc4c3Cl)CC2=O)C1. The third-order valence-electron chi connectivity index (χ3n) is 7.05. The summed E-state index contributed by atoms with van der Waals surface area (Å²) < 4.78 is 41.8. The Labute approximate surface area is 193 Å². The van der Waals surface area contributed by atoms with Crippen LogP contribution in [0.1, 0.15) is 60.3 Å². The van der Waals surface area contributed by atoms with Crippen LogP contribution >= 0.6 is 11.6 Å². The van der Waals surface area contributed by atoms with Crippen molar-refractivity contribution < 1.29 is 27.9 Å². The summed E-state index contributed by atoms with van der Waals surface area (Å²) in [5.74, 6) is -0.654. The first kappa shape index (κ1) is 22.5. The molecule has 1 N–H and O–H groups in total. The van der Waals surface area contributed by atoms with Gasteiger partial charge in [-0.05, 0) is 62.1 Å². The number of rotatable bonds is 4. The molecule has 3 heterocycles. The van der Waals surface area contributed by atoms with Gasteiger partial charge in [-0.3, -0.25) is 9.59 Å². The molecule has 1 atom stereocenters. The molecule has 2 aliphatic carbocycles. The number of fused-ring (bicyclic) bond motifs is 1. The van der Waals surface area contributed by atoms with Gasteiger partial charge in [-0.25, -0.2) is 4.52 Å². The van der Waals surface area contributed by atoms with Gasteiger partial charge in [0.1, 0.15) is 12.2 Å². The van der Waals surface area contributed by atoms with Gasteiger partial charge in [-0.1, -0.05) is 11.6 Å². The number of halogens is 4. The van der Waals surface area contributed by atoms with E-state index in [1.807, 2.05) is 0 Å². The lowest BCUT2D eigenvalue weighted by atomic mass is 9.76. The van der Waals surface area contributed by atoms with E-state index in [1.165, 1.54) is 4.90 Å². The summed E-state index contributed by atoms with van der Waals surface area (Å²) in [5, 5.41) is 13.4. The van der Waals surface area contributed by atoms with E-state index < -0.39 is 23.9 Å². The molecule has 2 aromatic rings. The number of aromatic nitrogens is 2. The molecule has 33 heavy (non-hydrogen) atoms. The number of aliphatic hydroxyl groups excluding tert-OH is 1. The van der Waals surface area contributed by atoms with E-state index in [9.17, 15) is 27.9 Å². The zero-order valence-electron chi connectivity index (χ0n) is 18.0. The van der Waals surface area contributed by atoms with E-state index in [2.05, 4.69) is 5.10 Å². The number of hydrogen-bond acceptors (Lipinski definition) is 4. The molecule has 0 aromatic carbocycles. The van der Waals surface area contributed by atoms with Crippen LogP contribution in [-0.2, 0) is 11.0 Å². The normalized spacial score (nSPS) is 24.8. The van der Waals surface area contributed by atoms with Crippen molar-refractivity contribution >= 4 is 28.9 Å². The van der Waals surface area contributed by atoms with E-state index in [1.54, 1.807) is 17.9 Å². The standard InChI is InChI=1S/C22H24ClF3N4O3/c1-11(31)13-6-15(7-13)29-5-4-28(10-18(29)32)21(33)20-19(23)16-8-14(12-2-3-12)9-17(22(24,25)26)30(16)27-20/h8-9,11-13,15,31H,2-7,10H2,1H3. The predicted molar refractivity (Wildman–Crippen MR) is 113 cm³/mol. The minimum Gasteiger partial charge on any atom is -0.393 e. The molecular formula is C22H24ClF3N4O3. The lowest BCUT2D eigenvalue weighted by molar-refractivity contribution is -0.143. The first-order valence-corrected chi connectivity index (χ1v) is 11.5. The van der Waals surface area contributed by atoms with Crippen LogP contribution in [-0.4, -0.2) is 68.1 Å². The summed E-state index contributed by atoms with van der Waals surface area (Å²) >= 11 is 6.37. The summed E-state index contributed by atoms with van der Waals surface area (Å²) in [5.41, 5.74) is -0.675. The Balaban J connectivity index is 1.38. The van der Waals surface area contributed by atoms with Crippen molar-refractivity contribution in [1.29, 1.82) is 0 Å². The second-order valence-electron chi connectivity index (χ2n) is 9.35.